The molecule has 0 aliphatic carbocycles. The van der Waals surface area contributed by atoms with E-state index >= 15 is 0 Å². The molecule has 1 aromatic carbocycles. The lowest BCUT2D eigenvalue weighted by atomic mass is 10.1. The van der Waals surface area contributed by atoms with Crippen LogP contribution in [0, 0.1) is 0 Å². The number of amidine groups is 1. The normalized spacial score (nSPS) is 17.7. The second-order valence-corrected chi connectivity index (χ2v) is 6.37. The molecule has 1 N–H and O–H groups in total. The molecule has 1 aliphatic rings. The van der Waals surface area contributed by atoms with E-state index in [1.165, 1.54) is 7.11 Å². The topological polar surface area (TPSA) is 89.3 Å². The molecule has 1 aliphatic heterocycles. The van der Waals surface area contributed by atoms with Crippen molar-refractivity contribution in [2.75, 3.05) is 7.11 Å². The third-order valence-corrected chi connectivity index (χ3v) is 3.89. The van der Waals surface area contributed by atoms with E-state index in [9.17, 15) is 9.59 Å². The van der Waals surface area contributed by atoms with Crippen LogP contribution in [0.5, 0.6) is 0 Å². The van der Waals surface area contributed by atoms with E-state index in [2.05, 4.69) is 20.3 Å². The lowest BCUT2D eigenvalue weighted by molar-refractivity contribution is -0.135. The number of nitrogens with zero attached hydrogens (tertiary/aromatic N) is 2. The summed E-state index contributed by atoms with van der Waals surface area (Å²) in [6.45, 7) is 4.50. The quantitative estimate of drug-likeness (QED) is 0.363. The number of nitrogens with one attached hydrogen (secondary N) is 1. The van der Waals surface area contributed by atoms with Crippen molar-refractivity contribution in [3.63, 3.8) is 0 Å². The van der Waals surface area contributed by atoms with Gasteiger partial charge >= 0.3 is 5.97 Å². The van der Waals surface area contributed by atoms with Crippen molar-refractivity contribution in [2.24, 2.45) is 10.2 Å². The minimum Gasteiger partial charge on any atom is -0.466 e. The van der Waals surface area contributed by atoms with Crippen LogP contribution in [0.2, 0.25) is 0 Å². The number of amides is 1. The Morgan fingerprint density at radius 1 is 1.40 bits per heavy atom. The Morgan fingerprint density at radius 3 is 2.92 bits per heavy atom. The van der Waals surface area contributed by atoms with E-state index < -0.39 is 11.9 Å². The lowest BCUT2D eigenvalue weighted by Crippen LogP contribution is -2.19. The molecule has 1 aromatic rings. The minimum absolute atomic E-state index is 0.166. The second kappa shape index (κ2) is 9.14. The first-order valence-electron chi connectivity index (χ1n) is 7.58. The van der Waals surface area contributed by atoms with Gasteiger partial charge in [-0.05, 0) is 42.8 Å². The van der Waals surface area contributed by atoms with Gasteiger partial charge in [0.15, 0.2) is 5.17 Å². The van der Waals surface area contributed by atoms with Crippen LogP contribution in [0.4, 0.5) is 0 Å². The van der Waals surface area contributed by atoms with Gasteiger partial charge in [-0.15, -0.1) is 5.10 Å². The van der Waals surface area contributed by atoms with E-state index in [-0.39, 0.29) is 11.0 Å². The fourth-order valence-electron chi connectivity index (χ4n) is 1.82. The van der Waals surface area contributed by atoms with Gasteiger partial charge in [-0.2, -0.15) is 5.10 Å². The average molecular weight is 361 g/mol. The Balaban J connectivity index is 2.00. The maximum atomic E-state index is 11.7. The van der Waals surface area contributed by atoms with Gasteiger partial charge in [0.2, 0.25) is 0 Å². The fourth-order valence-corrected chi connectivity index (χ4v) is 2.55. The minimum atomic E-state index is -0.595. The van der Waals surface area contributed by atoms with Crippen molar-refractivity contribution in [3.8, 4) is 0 Å². The lowest BCUT2D eigenvalue weighted by Gasteiger charge is -2.07. The van der Waals surface area contributed by atoms with Gasteiger partial charge < -0.3 is 9.47 Å². The number of carbonyl (C=O) groups is 2. The van der Waals surface area contributed by atoms with Crippen LogP contribution in [-0.4, -0.2) is 36.5 Å². The van der Waals surface area contributed by atoms with Crippen LogP contribution in [0.3, 0.4) is 0 Å². The first kappa shape index (κ1) is 18.9. The Labute approximate surface area is 150 Å². The summed E-state index contributed by atoms with van der Waals surface area (Å²) in [5.41, 5.74) is 1.91. The molecule has 0 aromatic heterocycles. The van der Waals surface area contributed by atoms with Crippen molar-refractivity contribution in [2.45, 2.75) is 26.6 Å². The van der Waals surface area contributed by atoms with E-state index in [1.54, 1.807) is 6.21 Å². The van der Waals surface area contributed by atoms with Gasteiger partial charge in [0.05, 0.1) is 30.9 Å². The number of ether oxygens (including phenoxy) is 2. The number of methoxy groups -OCH3 is 1. The van der Waals surface area contributed by atoms with Gasteiger partial charge in [-0.1, -0.05) is 18.2 Å². The molecule has 0 unspecified atom stereocenters. The van der Waals surface area contributed by atoms with Crippen LogP contribution in [0.1, 0.15) is 25.0 Å². The highest BCUT2D eigenvalue weighted by atomic mass is 32.2. The third kappa shape index (κ3) is 6.17. The highest BCUT2D eigenvalue weighted by molar-refractivity contribution is 8.18. The Kier molecular flexibility index (Phi) is 6.91. The molecule has 0 spiro atoms. The second-order valence-electron chi connectivity index (χ2n) is 5.34. The highest BCUT2D eigenvalue weighted by Gasteiger charge is 2.24. The molecule has 1 saturated heterocycles. The van der Waals surface area contributed by atoms with Crippen LogP contribution in [0.15, 0.2) is 45.4 Å². The first-order chi connectivity index (χ1) is 12.0. The largest absolute Gasteiger partial charge is 0.466 e. The van der Waals surface area contributed by atoms with Crippen LogP contribution < -0.4 is 5.32 Å². The number of hydrogen-bond acceptors (Lipinski definition) is 7. The molecule has 1 fully saturated rings. The molecule has 1 amide bonds. The van der Waals surface area contributed by atoms with Gasteiger partial charge in [-0.3, -0.25) is 10.1 Å². The maximum absolute atomic E-state index is 11.7. The molecule has 0 bridgehead atoms. The van der Waals surface area contributed by atoms with Crippen molar-refractivity contribution >= 4 is 35.0 Å². The smallest absolute Gasteiger partial charge is 0.331 e. The summed E-state index contributed by atoms with van der Waals surface area (Å²) in [4.78, 5) is 23.1. The van der Waals surface area contributed by atoms with Gasteiger partial charge in [0.1, 0.15) is 0 Å². The molecule has 8 heteroatoms. The van der Waals surface area contributed by atoms with Crippen molar-refractivity contribution in [1.29, 1.82) is 0 Å². The standard InChI is InChI=1S/C17H19N3O4S/c1-11(2)24-10-13-6-4-5-12(7-13)9-18-20-17-19-16(22)14(25-17)8-15(21)23-3/h4-9,11H,10H2,1-3H3,(H,19,20,22)/b14-8+,18-9?. The first-order valence-corrected chi connectivity index (χ1v) is 8.40. The fraction of sp³-hybridized carbons (Fsp3) is 0.294. The van der Waals surface area contributed by atoms with Crippen molar-refractivity contribution < 1.29 is 19.1 Å². The van der Waals surface area contributed by atoms with Crippen molar-refractivity contribution in [1.82, 2.24) is 5.32 Å². The third-order valence-electron chi connectivity index (χ3n) is 2.99. The summed E-state index contributed by atoms with van der Waals surface area (Å²) in [6, 6.07) is 7.74. The van der Waals surface area contributed by atoms with Crippen LogP contribution in [0.25, 0.3) is 0 Å². The monoisotopic (exact) mass is 361 g/mol. The predicted octanol–water partition coefficient (Wildman–Crippen LogP) is 2.22. The van der Waals surface area contributed by atoms with Gasteiger partial charge in [-0.25, -0.2) is 4.79 Å². The Bertz CT molecular complexity index is 741. The van der Waals surface area contributed by atoms with Gasteiger partial charge in [0.25, 0.3) is 5.91 Å². The number of carbonyl (C=O) groups excluding carboxylic acids is 2. The van der Waals surface area contributed by atoms with Crippen LogP contribution in [-0.2, 0) is 25.7 Å². The Morgan fingerprint density at radius 2 is 2.20 bits per heavy atom. The molecule has 0 atom stereocenters. The van der Waals surface area contributed by atoms with E-state index in [1.807, 2.05) is 38.1 Å². The van der Waals surface area contributed by atoms with Crippen LogP contribution >= 0.6 is 11.8 Å². The Hall–Kier alpha value is -2.45. The van der Waals surface area contributed by atoms with Gasteiger partial charge in [0, 0.05) is 6.08 Å². The number of hydrogen-bond donors (Lipinski definition) is 1. The summed E-state index contributed by atoms with van der Waals surface area (Å²) >= 11 is 1.03. The molecule has 7 nitrogen and oxygen atoms in total. The molecule has 0 radical (unpaired) electrons. The zero-order valence-electron chi connectivity index (χ0n) is 14.2. The molecule has 132 valence electrons. The van der Waals surface area contributed by atoms with E-state index in [4.69, 9.17) is 4.74 Å². The van der Waals surface area contributed by atoms with Crippen molar-refractivity contribution in [3.05, 3.63) is 46.4 Å². The number of benzene rings is 1. The molecule has 25 heavy (non-hydrogen) atoms. The zero-order valence-corrected chi connectivity index (χ0v) is 15.0. The molecule has 0 saturated carbocycles. The molecular formula is C17H19N3O4S. The maximum Gasteiger partial charge on any atom is 0.331 e. The van der Waals surface area contributed by atoms with E-state index in [0.29, 0.717) is 11.8 Å². The summed E-state index contributed by atoms with van der Waals surface area (Å²) in [5.74, 6) is -1.000. The zero-order chi connectivity index (χ0) is 18.2. The summed E-state index contributed by atoms with van der Waals surface area (Å²) in [6.07, 6.45) is 2.87. The molecule has 2 rings (SSSR count). The number of thioether (sulfide) groups is 1. The summed E-state index contributed by atoms with van der Waals surface area (Å²) < 4.78 is 10.1. The predicted molar refractivity (Wildman–Crippen MR) is 97.2 cm³/mol. The number of esters is 1. The average Bonchev–Trinajstić information content (AvgIpc) is 2.93. The molecule has 1 heterocycles. The molecular weight excluding hydrogens is 342 g/mol. The highest BCUT2D eigenvalue weighted by Crippen LogP contribution is 2.23. The SMILES string of the molecule is COC(=O)/C=C1/S/C(=N\N=Cc2cccc(COC(C)C)c2)NC1=O. The number of rotatable bonds is 6. The van der Waals surface area contributed by atoms with E-state index in [0.717, 1.165) is 29.0 Å². The summed E-state index contributed by atoms with van der Waals surface area (Å²) in [5, 5.41) is 10.8. The summed E-state index contributed by atoms with van der Waals surface area (Å²) in [7, 11) is 1.25.